The number of carbonyl (C=O) groups is 5. The maximum absolute atomic E-state index is 16.0. The quantitative estimate of drug-likeness (QED) is 0.427. The first-order valence-corrected chi connectivity index (χ1v) is 13.6. The number of rotatable bonds is 6. The van der Waals surface area contributed by atoms with Gasteiger partial charge in [0.1, 0.15) is 11.6 Å². The van der Waals surface area contributed by atoms with Gasteiger partial charge in [0.15, 0.2) is 34.7 Å². The van der Waals surface area contributed by atoms with Gasteiger partial charge in [-0.25, -0.2) is 4.39 Å². The number of likely N-dealkylation sites (N-methyl/N-ethyl adjacent to an activating group) is 1. The lowest BCUT2D eigenvalue weighted by atomic mass is 9.52. The van der Waals surface area contributed by atoms with E-state index >= 15 is 4.39 Å². The predicted octanol–water partition coefficient (Wildman–Crippen LogP) is 0.627. The van der Waals surface area contributed by atoms with Crippen LogP contribution in [0.25, 0.3) is 0 Å². The molecule has 0 spiro atoms. The van der Waals surface area contributed by atoms with E-state index in [9.17, 15) is 34.2 Å². The van der Waals surface area contributed by atoms with Crippen LogP contribution in [0.3, 0.4) is 0 Å². The number of benzene rings is 1. The minimum Gasteiger partial charge on any atom is -0.507 e. The zero-order valence-corrected chi connectivity index (χ0v) is 23.4. The van der Waals surface area contributed by atoms with Crippen molar-refractivity contribution in [3.8, 4) is 5.75 Å². The number of hydrogen-bond acceptors (Lipinski definition) is 9. The number of aliphatic hydroxyl groups is 1. The summed E-state index contributed by atoms with van der Waals surface area (Å²) >= 11 is 0. The molecule has 0 radical (unpaired) electrons. The number of nitrogens with two attached hydrogens (primary N) is 1. The van der Waals surface area contributed by atoms with Crippen molar-refractivity contribution in [3.05, 3.63) is 28.6 Å². The van der Waals surface area contributed by atoms with Crippen molar-refractivity contribution in [2.45, 2.75) is 63.3 Å². The van der Waals surface area contributed by atoms with Gasteiger partial charge < -0.3 is 15.9 Å². The van der Waals surface area contributed by atoms with Crippen molar-refractivity contribution in [1.82, 2.24) is 9.80 Å². The molecule has 5 rings (SSSR count). The molecule has 2 unspecified atom stereocenters. The molecule has 10 nitrogen and oxygen atoms in total. The maximum atomic E-state index is 16.0. The molecule has 0 saturated heterocycles. The van der Waals surface area contributed by atoms with E-state index in [1.54, 1.807) is 0 Å². The molecule has 0 bridgehead atoms. The van der Waals surface area contributed by atoms with Gasteiger partial charge in [-0.1, -0.05) is 0 Å². The molecule has 1 aromatic rings. The van der Waals surface area contributed by atoms with E-state index in [1.807, 2.05) is 11.9 Å². The smallest absolute Gasteiger partial charge is 0.235 e. The molecular formula is C29H36FN3O7. The number of Topliss-reactive ketones (excluding diaryl/α,β-unsaturated/α-hetero) is 4. The molecule has 4 N–H and O–H groups in total. The summed E-state index contributed by atoms with van der Waals surface area (Å²) in [6, 6.07) is -0.00347. The Morgan fingerprint density at radius 2 is 1.77 bits per heavy atom. The first kappa shape index (κ1) is 28.5. The number of hydrogen-bond donors (Lipinski definition) is 3. The summed E-state index contributed by atoms with van der Waals surface area (Å²) in [5.74, 6) is -11.8. The first-order chi connectivity index (χ1) is 18.5. The number of ketones is 4. The predicted molar refractivity (Wildman–Crippen MR) is 140 cm³/mol. The lowest BCUT2D eigenvalue weighted by molar-refractivity contribution is -0.181. The molecule has 4 aliphatic carbocycles. The summed E-state index contributed by atoms with van der Waals surface area (Å²) in [4.78, 5) is 69.5. The Morgan fingerprint density at radius 1 is 1.15 bits per heavy atom. The van der Waals surface area contributed by atoms with E-state index in [1.165, 1.54) is 25.1 Å². The number of nitrogens with zero attached hydrogens (tertiary/aromatic N) is 2. The van der Waals surface area contributed by atoms with Crippen LogP contribution in [0.15, 0.2) is 6.07 Å². The van der Waals surface area contributed by atoms with Gasteiger partial charge in [0.25, 0.3) is 0 Å². The van der Waals surface area contributed by atoms with Crippen LogP contribution in [0.5, 0.6) is 5.75 Å². The number of aromatic hydroxyl groups is 1. The monoisotopic (exact) mass is 557 g/mol. The van der Waals surface area contributed by atoms with E-state index < -0.39 is 75.9 Å². The molecule has 3 fully saturated rings. The van der Waals surface area contributed by atoms with Crippen molar-refractivity contribution in [2.75, 3.05) is 21.1 Å². The van der Waals surface area contributed by atoms with Gasteiger partial charge >= 0.3 is 0 Å². The second kappa shape index (κ2) is 9.25. The second-order valence-electron chi connectivity index (χ2n) is 12.8. The van der Waals surface area contributed by atoms with Gasteiger partial charge in [0.05, 0.1) is 17.5 Å². The Bertz CT molecular complexity index is 1350. The third-order valence-electron chi connectivity index (χ3n) is 10.0. The van der Waals surface area contributed by atoms with Crippen LogP contribution in [0, 0.1) is 35.4 Å². The van der Waals surface area contributed by atoms with Crippen LogP contribution in [-0.4, -0.2) is 87.4 Å². The van der Waals surface area contributed by atoms with Crippen LogP contribution in [0.4, 0.5) is 4.39 Å². The summed E-state index contributed by atoms with van der Waals surface area (Å²) in [5.41, 5.74) is 2.20. The molecular weight excluding hydrogens is 521 g/mol. The molecule has 1 amide bonds. The minimum atomic E-state index is -2.80. The fourth-order valence-electron chi connectivity index (χ4n) is 7.38. The summed E-state index contributed by atoms with van der Waals surface area (Å²) in [5, 5.41) is 22.5. The Hall–Kier alpha value is -3.02. The van der Waals surface area contributed by atoms with Crippen LogP contribution >= 0.6 is 0 Å². The van der Waals surface area contributed by atoms with Crippen LogP contribution in [0.1, 0.15) is 54.6 Å². The van der Waals surface area contributed by atoms with Crippen LogP contribution in [0.2, 0.25) is 0 Å². The molecule has 0 aromatic heterocycles. The average Bonchev–Trinajstić information content (AvgIpc) is 3.70. The zero-order valence-electron chi connectivity index (χ0n) is 23.4. The van der Waals surface area contributed by atoms with Gasteiger partial charge in [-0.05, 0) is 78.6 Å². The topological polar surface area (TPSA) is 158 Å². The molecule has 0 aliphatic heterocycles. The number of halogens is 1. The first-order valence-electron chi connectivity index (χ1n) is 13.6. The molecule has 3 saturated carbocycles. The minimum absolute atomic E-state index is 0.0120. The average molecular weight is 558 g/mol. The standard InChI is InChI=1S/C29H36FN3O7/c1-28(2,14-6-7-14)33(5)11-13-10-17(34)19-15(21(13)30)8-12-9-16-22(32(3)4)24(36)20(27(31)39)26(38)29(16,40)25(37)18(12)23(19)35/h10,12,14,16,18,20,22,34,40H,6-9,11H2,1-5H3,(H2,31,39)/t12-,16-,18?,20?,22-,29-/m0/s1. The number of primary amides is 1. The third-order valence-corrected chi connectivity index (χ3v) is 10.0. The van der Waals surface area contributed by atoms with Crippen molar-refractivity contribution in [1.29, 1.82) is 0 Å². The lowest BCUT2D eigenvalue weighted by Gasteiger charge is -2.52. The van der Waals surface area contributed by atoms with Crippen molar-refractivity contribution in [3.63, 3.8) is 0 Å². The fraction of sp³-hybridized carbons (Fsp3) is 0.621. The molecule has 0 heterocycles. The lowest BCUT2D eigenvalue weighted by Crippen LogP contribution is -2.74. The van der Waals surface area contributed by atoms with E-state index in [-0.39, 0.29) is 41.6 Å². The van der Waals surface area contributed by atoms with Crippen LogP contribution in [-0.2, 0) is 32.1 Å². The highest BCUT2D eigenvalue weighted by molar-refractivity contribution is 6.32. The van der Waals surface area contributed by atoms with Gasteiger partial charge in [-0.2, -0.15) is 0 Å². The number of amides is 1. The Balaban J connectivity index is 1.56. The highest BCUT2D eigenvalue weighted by Crippen LogP contribution is 2.51. The molecule has 216 valence electrons. The highest BCUT2D eigenvalue weighted by Gasteiger charge is 2.69. The number of fused-ring (bicyclic) bond motifs is 3. The summed E-state index contributed by atoms with van der Waals surface area (Å²) in [7, 11) is 4.91. The highest BCUT2D eigenvalue weighted by atomic mass is 19.1. The van der Waals surface area contributed by atoms with E-state index in [2.05, 4.69) is 13.8 Å². The molecule has 1 aromatic carbocycles. The van der Waals surface area contributed by atoms with E-state index in [0.717, 1.165) is 12.8 Å². The number of phenols is 1. The van der Waals surface area contributed by atoms with Crippen molar-refractivity contribution in [2.24, 2.45) is 35.3 Å². The Labute approximate surface area is 231 Å². The SMILES string of the molecule is CN(C)[C@@H]1C(=O)C(C(N)=O)C(=O)[C@@]2(O)C(=O)C3C(=O)c4c(O)cc(CN(C)C(C)(C)C5CC5)c(F)c4C[C@H]3C[C@@H]12. The van der Waals surface area contributed by atoms with Gasteiger partial charge in [0.2, 0.25) is 5.91 Å². The second-order valence-corrected chi connectivity index (χ2v) is 12.8. The Morgan fingerprint density at radius 3 is 2.33 bits per heavy atom. The normalized spacial score (nSPS) is 32.3. The summed E-state index contributed by atoms with van der Waals surface area (Å²) in [6.07, 6.45) is 1.96. The summed E-state index contributed by atoms with van der Waals surface area (Å²) < 4.78 is 16.0. The van der Waals surface area contributed by atoms with Crippen LogP contribution < -0.4 is 5.73 Å². The molecule has 4 aliphatic rings. The molecule has 40 heavy (non-hydrogen) atoms. The van der Waals surface area contributed by atoms with Crippen molar-refractivity contribution < 1.29 is 38.6 Å². The number of carbonyl (C=O) groups excluding carboxylic acids is 5. The van der Waals surface area contributed by atoms with Crippen molar-refractivity contribution >= 4 is 29.0 Å². The number of phenolic OH excluding ortho intramolecular Hbond substituents is 1. The van der Waals surface area contributed by atoms with E-state index in [0.29, 0.717) is 5.92 Å². The largest absolute Gasteiger partial charge is 0.507 e. The third kappa shape index (κ3) is 3.88. The Kier molecular flexibility index (Phi) is 6.59. The summed E-state index contributed by atoms with van der Waals surface area (Å²) in [6.45, 7) is 4.36. The van der Waals surface area contributed by atoms with Gasteiger partial charge in [-0.15, -0.1) is 0 Å². The van der Waals surface area contributed by atoms with E-state index in [4.69, 9.17) is 5.73 Å². The van der Waals surface area contributed by atoms with Gasteiger partial charge in [-0.3, -0.25) is 33.8 Å². The fourth-order valence-corrected chi connectivity index (χ4v) is 7.38. The molecule has 6 atom stereocenters. The molecule has 11 heteroatoms. The van der Waals surface area contributed by atoms with Gasteiger partial charge in [0, 0.05) is 29.1 Å². The maximum Gasteiger partial charge on any atom is 0.235 e. The zero-order chi connectivity index (χ0) is 29.6.